The van der Waals surface area contributed by atoms with Crippen LogP contribution in [0.1, 0.15) is 28.8 Å². The second kappa shape index (κ2) is 5.31. The van der Waals surface area contributed by atoms with Crippen LogP contribution in [-0.2, 0) is 0 Å². The summed E-state index contributed by atoms with van der Waals surface area (Å²) in [6, 6.07) is 4.99. The molecule has 1 aromatic carbocycles. The van der Waals surface area contributed by atoms with Gasteiger partial charge in [0, 0.05) is 24.0 Å². The summed E-state index contributed by atoms with van der Waals surface area (Å²) in [6.07, 6.45) is 2.29. The van der Waals surface area contributed by atoms with Crippen molar-refractivity contribution in [1.29, 1.82) is 0 Å². The number of carbonyl (C=O) groups excluding carboxylic acids is 1. The fourth-order valence-corrected chi connectivity index (χ4v) is 3.34. The van der Waals surface area contributed by atoms with Gasteiger partial charge in [0.25, 0.3) is 5.91 Å². The molecule has 0 spiro atoms. The number of aromatic hydroxyl groups is 1. The molecule has 1 fully saturated rings. The van der Waals surface area contributed by atoms with Crippen LogP contribution in [0.2, 0.25) is 0 Å². The van der Waals surface area contributed by atoms with E-state index in [-0.39, 0.29) is 11.7 Å². The smallest absolute Gasteiger partial charge is 0.253 e. The minimum absolute atomic E-state index is 0.0242. The van der Waals surface area contributed by atoms with Gasteiger partial charge in [-0.2, -0.15) is 0 Å². The van der Waals surface area contributed by atoms with E-state index < -0.39 is 0 Å². The molecule has 0 unspecified atom stereocenters. The van der Waals surface area contributed by atoms with Gasteiger partial charge in [-0.25, -0.2) is 0 Å². The SMILES string of the molecule is Cc1cc(C(=O)N(C)CC2CC(Br)C2)ccc1O. The van der Waals surface area contributed by atoms with Gasteiger partial charge in [-0.15, -0.1) is 0 Å². The molecule has 0 heterocycles. The average molecular weight is 312 g/mol. The van der Waals surface area contributed by atoms with Gasteiger partial charge in [-0.3, -0.25) is 4.79 Å². The predicted molar refractivity (Wildman–Crippen MR) is 75.2 cm³/mol. The van der Waals surface area contributed by atoms with Gasteiger partial charge >= 0.3 is 0 Å². The number of nitrogens with zero attached hydrogens (tertiary/aromatic N) is 1. The molecular weight excluding hydrogens is 294 g/mol. The van der Waals surface area contributed by atoms with Crippen LogP contribution in [0.3, 0.4) is 0 Å². The Hall–Kier alpha value is -1.03. The zero-order valence-electron chi connectivity index (χ0n) is 10.7. The lowest BCUT2D eigenvalue weighted by Gasteiger charge is -2.34. The maximum atomic E-state index is 12.2. The average Bonchev–Trinajstić information content (AvgIpc) is 2.29. The molecule has 98 valence electrons. The fourth-order valence-electron chi connectivity index (χ4n) is 2.28. The normalized spacial score (nSPS) is 22.4. The Bertz CT molecular complexity index is 455. The van der Waals surface area contributed by atoms with Crippen LogP contribution in [0.4, 0.5) is 0 Å². The Morgan fingerprint density at radius 3 is 2.72 bits per heavy atom. The van der Waals surface area contributed by atoms with E-state index in [2.05, 4.69) is 15.9 Å². The fraction of sp³-hybridized carbons (Fsp3) is 0.500. The van der Waals surface area contributed by atoms with Gasteiger partial charge < -0.3 is 10.0 Å². The van der Waals surface area contributed by atoms with E-state index in [0.717, 1.165) is 24.9 Å². The molecule has 1 aromatic rings. The number of phenols is 1. The highest BCUT2D eigenvalue weighted by Crippen LogP contribution is 2.33. The maximum absolute atomic E-state index is 12.2. The summed E-state index contributed by atoms with van der Waals surface area (Å²) in [6.45, 7) is 2.61. The van der Waals surface area contributed by atoms with E-state index in [1.807, 2.05) is 7.05 Å². The highest BCUT2D eigenvalue weighted by atomic mass is 79.9. The largest absolute Gasteiger partial charge is 0.508 e. The van der Waals surface area contributed by atoms with E-state index in [4.69, 9.17) is 0 Å². The quantitative estimate of drug-likeness (QED) is 0.872. The van der Waals surface area contributed by atoms with Gasteiger partial charge in [-0.05, 0) is 49.4 Å². The van der Waals surface area contributed by atoms with E-state index in [9.17, 15) is 9.90 Å². The lowest BCUT2D eigenvalue weighted by Crippen LogP contribution is -2.37. The predicted octanol–water partition coefficient (Wildman–Crippen LogP) is 2.95. The molecule has 0 radical (unpaired) electrons. The first-order valence-electron chi connectivity index (χ1n) is 6.16. The van der Waals surface area contributed by atoms with E-state index in [0.29, 0.717) is 16.3 Å². The Labute approximate surface area is 116 Å². The molecule has 1 amide bonds. The van der Waals surface area contributed by atoms with Crippen LogP contribution in [0.5, 0.6) is 5.75 Å². The minimum atomic E-state index is 0.0242. The molecule has 0 aliphatic heterocycles. The lowest BCUT2D eigenvalue weighted by molar-refractivity contribution is 0.0748. The number of rotatable bonds is 3. The molecule has 0 saturated heterocycles. The molecule has 0 aromatic heterocycles. The molecule has 2 rings (SSSR count). The molecule has 0 atom stereocenters. The van der Waals surface area contributed by atoms with Crippen molar-refractivity contribution in [2.45, 2.75) is 24.6 Å². The first-order chi connectivity index (χ1) is 8.47. The summed E-state index contributed by atoms with van der Waals surface area (Å²) in [5, 5.41) is 9.46. The van der Waals surface area contributed by atoms with Crippen LogP contribution < -0.4 is 0 Å². The van der Waals surface area contributed by atoms with E-state index in [1.54, 1.807) is 30.0 Å². The molecule has 4 heteroatoms. The second-order valence-electron chi connectivity index (χ2n) is 5.12. The number of hydrogen-bond acceptors (Lipinski definition) is 2. The van der Waals surface area contributed by atoms with Crippen LogP contribution in [-0.4, -0.2) is 34.3 Å². The summed E-state index contributed by atoms with van der Waals surface area (Å²) >= 11 is 3.56. The van der Waals surface area contributed by atoms with Gasteiger partial charge in [0.2, 0.25) is 0 Å². The van der Waals surface area contributed by atoms with Crippen molar-refractivity contribution < 1.29 is 9.90 Å². The first kappa shape index (κ1) is 13.4. The minimum Gasteiger partial charge on any atom is -0.508 e. The van der Waals surface area contributed by atoms with Crippen LogP contribution in [0, 0.1) is 12.8 Å². The van der Waals surface area contributed by atoms with Gasteiger partial charge in [-0.1, -0.05) is 15.9 Å². The number of alkyl halides is 1. The number of hydrogen-bond donors (Lipinski definition) is 1. The van der Waals surface area contributed by atoms with Crippen molar-refractivity contribution in [3.8, 4) is 5.75 Å². The van der Waals surface area contributed by atoms with Crippen molar-refractivity contribution in [2.75, 3.05) is 13.6 Å². The van der Waals surface area contributed by atoms with Crippen molar-refractivity contribution in [2.24, 2.45) is 5.92 Å². The zero-order valence-corrected chi connectivity index (χ0v) is 12.3. The summed E-state index contributed by atoms with van der Waals surface area (Å²) in [7, 11) is 1.84. The van der Waals surface area contributed by atoms with Crippen LogP contribution >= 0.6 is 15.9 Å². The standard InChI is InChI=1S/C14H18BrNO2/c1-9-5-11(3-4-13(9)17)14(18)16(2)8-10-6-12(15)7-10/h3-5,10,12,17H,6-8H2,1-2H3. The second-order valence-corrected chi connectivity index (χ2v) is 6.42. The third-order valence-corrected chi connectivity index (χ3v) is 4.25. The third-order valence-electron chi connectivity index (χ3n) is 3.50. The Morgan fingerprint density at radius 2 is 2.17 bits per heavy atom. The van der Waals surface area contributed by atoms with Crippen LogP contribution in [0.15, 0.2) is 18.2 Å². The number of aryl methyl sites for hydroxylation is 1. The van der Waals surface area contributed by atoms with E-state index in [1.165, 1.54) is 0 Å². The lowest BCUT2D eigenvalue weighted by atomic mass is 9.85. The maximum Gasteiger partial charge on any atom is 0.253 e. The van der Waals surface area contributed by atoms with Gasteiger partial charge in [0.15, 0.2) is 0 Å². The topological polar surface area (TPSA) is 40.5 Å². The highest BCUT2D eigenvalue weighted by Gasteiger charge is 2.28. The Balaban J connectivity index is 1.99. The van der Waals surface area contributed by atoms with E-state index >= 15 is 0 Å². The Kier molecular flexibility index (Phi) is 3.95. The zero-order chi connectivity index (χ0) is 13.3. The summed E-state index contributed by atoms with van der Waals surface area (Å²) in [5.74, 6) is 0.869. The molecule has 1 N–H and O–H groups in total. The number of amides is 1. The molecular formula is C14H18BrNO2. The van der Waals surface area contributed by atoms with Gasteiger partial charge in [0.1, 0.15) is 5.75 Å². The molecule has 1 saturated carbocycles. The van der Waals surface area contributed by atoms with Gasteiger partial charge in [0.05, 0.1) is 0 Å². The van der Waals surface area contributed by atoms with Crippen molar-refractivity contribution >= 4 is 21.8 Å². The monoisotopic (exact) mass is 311 g/mol. The summed E-state index contributed by atoms with van der Waals surface area (Å²) < 4.78 is 0. The Morgan fingerprint density at radius 1 is 1.50 bits per heavy atom. The number of phenolic OH excluding ortho intramolecular Hbond substituents is 1. The number of benzene rings is 1. The summed E-state index contributed by atoms with van der Waals surface area (Å²) in [5.41, 5.74) is 1.38. The third kappa shape index (κ3) is 2.86. The molecule has 3 nitrogen and oxygen atoms in total. The first-order valence-corrected chi connectivity index (χ1v) is 7.08. The molecule has 1 aliphatic rings. The molecule has 0 bridgehead atoms. The summed E-state index contributed by atoms with van der Waals surface area (Å²) in [4.78, 5) is 14.6. The molecule has 18 heavy (non-hydrogen) atoms. The highest BCUT2D eigenvalue weighted by molar-refractivity contribution is 9.09. The van der Waals surface area contributed by atoms with Crippen molar-refractivity contribution in [1.82, 2.24) is 4.90 Å². The van der Waals surface area contributed by atoms with Crippen molar-refractivity contribution in [3.05, 3.63) is 29.3 Å². The van der Waals surface area contributed by atoms with Crippen molar-refractivity contribution in [3.63, 3.8) is 0 Å². The number of halogens is 1. The number of carbonyl (C=O) groups is 1. The van der Waals surface area contributed by atoms with Crippen LogP contribution in [0.25, 0.3) is 0 Å². The molecule has 1 aliphatic carbocycles.